The molecule has 0 aliphatic heterocycles. The molecule has 0 bridgehead atoms. The second-order valence-electron chi connectivity index (χ2n) is 5.66. The maximum atomic E-state index is 9.05. The Balaban J connectivity index is 1.75. The Morgan fingerprint density at radius 3 is 2.80 bits per heavy atom. The van der Waals surface area contributed by atoms with Crippen molar-refractivity contribution in [3.63, 3.8) is 0 Å². The number of hydrogen-bond acceptors (Lipinski definition) is 6. The summed E-state index contributed by atoms with van der Waals surface area (Å²) in [6.07, 6.45) is 1.87. The van der Waals surface area contributed by atoms with Crippen molar-refractivity contribution in [2.24, 2.45) is 7.05 Å². The van der Waals surface area contributed by atoms with Gasteiger partial charge in [0.1, 0.15) is 12.1 Å². The molecule has 4 rings (SSSR count). The van der Waals surface area contributed by atoms with Crippen molar-refractivity contribution in [1.82, 2.24) is 29.8 Å². The first-order valence-corrected chi connectivity index (χ1v) is 7.63. The fraction of sp³-hybridized carbons (Fsp3) is 0.118. The SMILES string of the molecule is Cn1ccc(Cn2nc3cc(-c4cccc(C#N)c4)nc(N)c3n2)n1. The molecule has 0 amide bonds. The van der Waals surface area contributed by atoms with Crippen molar-refractivity contribution in [3.8, 4) is 17.3 Å². The topological polar surface area (TPSA) is 111 Å². The Hall–Kier alpha value is -3.73. The summed E-state index contributed by atoms with van der Waals surface area (Å²) in [6, 6.07) is 13.1. The Kier molecular flexibility index (Phi) is 3.40. The summed E-state index contributed by atoms with van der Waals surface area (Å²) in [5, 5.41) is 22.3. The third-order valence-corrected chi connectivity index (χ3v) is 3.80. The van der Waals surface area contributed by atoms with Gasteiger partial charge in [-0.1, -0.05) is 12.1 Å². The standard InChI is InChI=1S/C17H14N8/c1-24-6-5-13(21-24)10-25-22-15-8-14(20-17(19)16(15)23-25)12-4-2-3-11(7-12)9-18/h2-8H,10H2,1H3,(H2,19,20). The summed E-state index contributed by atoms with van der Waals surface area (Å²) < 4.78 is 1.73. The number of pyridine rings is 1. The minimum Gasteiger partial charge on any atom is -0.382 e. The predicted octanol–water partition coefficient (Wildman–Crippen LogP) is 1.73. The molecule has 122 valence electrons. The van der Waals surface area contributed by atoms with Crippen LogP contribution in [0.4, 0.5) is 5.82 Å². The average molecular weight is 330 g/mol. The van der Waals surface area contributed by atoms with Crippen LogP contribution >= 0.6 is 0 Å². The quantitative estimate of drug-likeness (QED) is 0.612. The number of aromatic nitrogens is 6. The van der Waals surface area contributed by atoms with Gasteiger partial charge in [0, 0.05) is 18.8 Å². The van der Waals surface area contributed by atoms with Crippen LogP contribution in [0.25, 0.3) is 22.3 Å². The fourth-order valence-corrected chi connectivity index (χ4v) is 2.64. The number of benzene rings is 1. The van der Waals surface area contributed by atoms with Gasteiger partial charge in [0.05, 0.1) is 23.0 Å². The molecule has 4 aromatic rings. The molecule has 0 saturated heterocycles. The van der Waals surface area contributed by atoms with E-state index in [0.29, 0.717) is 34.7 Å². The van der Waals surface area contributed by atoms with Crippen LogP contribution in [-0.2, 0) is 13.6 Å². The van der Waals surface area contributed by atoms with Crippen LogP contribution in [0.1, 0.15) is 11.3 Å². The molecule has 2 N–H and O–H groups in total. The van der Waals surface area contributed by atoms with Crippen LogP contribution in [0.2, 0.25) is 0 Å². The van der Waals surface area contributed by atoms with Gasteiger partial charge in [0.25, 0.3) is 0 Å². The number of aryl methyl sites for hydroxylation is 1. The molecule has 0 fully saturated rings. The molecule has 3 heterocycles. The molecule has 0 radical (unpaired) electrons. The van der Waals surface area contributed by atoms with Crippen molar-refractivity contribution in [3.05, 3.63) is 53.9 Å². The van der Waals surface area contributed by atoms with Gasteiger partial charge in [-0.25, -0.2) is 4.98 Å². The largest absolute Gasteiger partial charge is 0.382 e. The first-order valence-electron chi connectivity index (χ1n) is 7.63. The van der Waals surface area contributed by atoms with Crippen LogP contribution in [-0.4, -0.2) is 29.8 Å². The summed E-state index contributed by atoms with van der Waals surface area (Å²) in [5.41, 5.74) is 10.2. The van der Waals surface area contributed by atoms with E-state index in [0.717, 1.165) is 11.3 Å². The summed E-state index contributed by atoms with van der Waals surface area (Å²) in [5.74, 6) is 0.308. The van der Waals surface area contributed by atoms with Crippen molar-refractivity contribution in [1.29, 1.82) is 5.26 Å². The molecule has 25 heavy (non-hydrogen) atoms. The molecule has 0 aliphatic rings. The fourth-order valence-electron chi connectivity index (χ4n) is 2.64. The van der Waals surface area contributed by atoms with E-state index in [1.54, 1.807) is 21.6 Å². The van der Waals surface area contributed by atoms with Crippen LogP contribution in [0.5, 0.6) is 0 Å². The molecule has 0 unspecified atom stereocenters. The van der Waals surface area contributed by atoms with Crippen molar-refractivity contribution in [2.45, 2.75) is 6.54 Å². The summed E-state index contributed by atoms with van der Waals surface area (Å²) in [6.45, 7) is 0.453. The predicted molar refractivity (Wildman–Crippen MR) is 92.2 cm³/mol. The summed E-state index contributed by atoms with van der Waals surface area (Å²) >= 11 is 0. The van der Waals surface area contributed by atoms with Gasteiger partial charge < -0.3 is 5.73 Å². The van der Waals surface area contributed by atoms with E-state index in [2.05, 4.69) is 26.3 Å². The molecular formula is C17H14N8. The second kappa shape index (κ2) is 5.72. The number of nitriles is 1. The van der Waals surface area contributed by atoms with Crippen molar-refractivity contribution >= 4 is 16.9 Å². The van der Waals surface area contributed by atoms with Gasteiger partial charge in [-0.15, -0.1) is 5.10 Å². The highest BCUT2D eigenvalue weighted by Gasteiger charge is 2.12. The lowest BCUT2D eigenvalue weighted by Crippen LogP contribution is -2.04. The van der Waals surface area contributed by atoms with Crippen molar-refractivity contribution in [2.75, 3.05) is 5.73 Å². The first-order chi connectivity index (χ1) is 12.1. The second-order valence-corrected chi connectivity index (χ2v) is 5.66. The van der Waals surface area contributed by atoms with Gasteiger partial charge in [-0.05, 0) is 24.3 Å². The van der Waals surface area contributed by atoms with Crippen LogP contribution < -0.4 is 5.73 Å². The van der Waals surface area contributed by atoms with Crippen molar-refractivity contribution < 1.29 is 0 Å². The highest BCUT2D eigenvalue weighted by molar-refractivity contribution is 5.87. The number of rotatable bonds is 3. The molecule has 8 nitrogen and oxygen atoms in total. The van der Waals surface area contributed by atoms with Gasteiger partial charge in [0.2, 0.25) is 0 Å². The van der Waals surface area contributed by atoms with Gasteiger partial charge in [-0.2, -0.15) is 20.3 Å². The minimum atomic E-state index is 0.308. The Labute approximate surface area is 143 Å². The number of anilines is 1. The summed E-state index contributed by atoms with van der Waals surface area (Å²) in [7, 11) is 1.86. The lowest BCUT2D eigenvalue weighted by molar-refractivity contribution is 0.581. The average Bonchev–Trinajstić information content (AvgIpc) is 3.21. The zero-order valence-corrected chi connectivity index (χ0v) is 13.5. The number of fused-ring (bicyclic) bond motifs is 1. The maximum Gasteiger partial charge on any atom is 0.155 e. The number of nitrogen functional groups attached to an aromatic ring is 1. The zero-order valence-electron chi connectivity index (χ0n) is 13.5. The molecule has 0 saturated carbocycles. The lowest BCUT2D eigenvalue weighted by Gasteiger charge is -2.02. The Morgan fingerprint density at radius 1 is 1.16 bits per heavy atom. The number of nitrogens with two attached hydrogens (primary N) is 1. The Bertz CT molecular complexity index is 1120. The van der Waals surface area contributed by atoms with Gasteiger partial charge >= 0.3 is 0 Å². The van der Waals surface area contributed by atoms with Crippen LogP contribution in [0.3, 0.4) is 0 Å². The normalized spacial score (nSPS) is 10.9. The number of hydrogen-bond donors (Lipinski definition) is 1. The highest BCUT2D eigenvalue weighted by Crippen LogP contribution is 2.24. The third kappa shape index (κ3) is 2.79. The molecular weight excluding hydrogens is 316 g/mol. The van der Waals surface area contributed by atoms with E-state index in [9.17, 15) is 0 Å². The van der Waals surface area contributed by atoms with E-state index in [1.807, 2.05) is 37.5 Å². The molecule has 0 aliphatic carbocycles. The smallest absolute Gasteiger partial charge is 0.155 e. The highest BCUT2D eigenvalue weighted by atomic mass is 15.5. The minimum absolute atomic E-state index is 0.308. The molecule has 8 heteroatoms. The maximum absolute atomic E-state index is 9.05. The van der Waals surface area contributed by atoms with E-state index in [1.165, 1.54) is 0 Å². The number of nitrogens with zero attached hydrogens (tertiary/aromatic N) is 7. The monoisotopic (exact) mass is 330 g/mol. The van der Waals surface area contributed by atoms with E-state index < -0.39 is 0 Å². The Morgan fingerprint density at radius 2 is 2.04 bits per heavy atom. The summed E-state index contributed by atoms with van der Waals surface area (Å²) in [4.78, 5) is 5.96. The third-order valence-electron chi connectivity index (χ3n) is 3.80. The molecule has 3 aromatic heterocycles. The molecule has 0 atom stereocenters. The van der Waals surface area contributed by atoms with Crippen LogP contribution in [0, 0.1) is 11.3 Å². The van der Waals surface area contributed by atoms with Gasteiger partial charge in [0.15, 0.2) is 11.3 Å². The van der Waals surface area contributed by atoms with Gasteiger partial charge in [-0.3, -0.25) is 4.68 Å². The molecule has 1 aromatic carbocycles. The molecule has 0 spiro atoms. The van der Waals surface area contributed by atoms with E-state index >= 15 is 0 Å². The zero-order chi connectivity index (χ0) is 17.4. The first kappa shape index (κ1) is 14.8. The van der Waals surface area contributed by atoms with E-state index in [4.69, 9.17) is 11.0 Å². The van der Waals surface area contributed by atoms with Crippen LogP contribution in [0.15, 0.2) is 42.6 Å². The van der Waals surface area contributed by atoms with E-state index in [-0.39, 0.29) is 0 Å². The lowest BCUT2D eigenvalue weighted by atomic mass is 10.1.